The number of H-pyrrole nitrogens is 1. The highest BCUT2D eigenvalue weighted by Crippen LogP contribution is 2.58. The summed E-state index contributed by atoms with van der Waals surface area (Å²) in [4.78, 5) is 16.2. The van der Waals surface area contributed by atoms with Crippen LogP contribution in [-0.2, 0) is 34.0 Å². The monoisotopic (exact) mass is 829 g/mol. The number of fused-ring (bicyclic) bond motifs is 1. The Hall–Kier alpha value is -4.24. The topological polar surface area (TPSA) is 131 Å². The molecule has 3 aliphatic heterocycles. The second-order valence-electron chi connectivity index (χ2n) is 14.2. The van der Waals surface area contributed by atoms with Gasteiger partial charge in [0.15, 0.2) is 9.84 Å². The average molecular weight is 830 g/mol. The molecule has 0 amide bonds. The van der Waals surface area contributed by atoms with Gasteiger partial charge in [-0.15, -0.1) is 0 Å². The van der Waals surface area contributed by atoms with Gasteiger partial charge in [-0.05, 0) is 72.0 Å². The van der Waals surface area contributed by atoms with Crippen LogP contribution in [0.3, 0.4) is 0 Å². The molecule has 0 spiro atoms. The number of benzene rings is 4. The molecule has 15 heteroatoms. The van der Waals surface area contributed by atoms with Crippen LogP contribution in [0.2, 0.25) is 0 Å². The van der Waals surface area contributed by atoms with Gasteiger partial charge in [-0.2, -0.15) is 0 Å². The van der Waals surface area contributed by atoms with Crippen molar-refractivity contribution in [2.75, 3.05) is 33.1 Å². The molecule has 5 aromatic rings. The molecule has 0 radical (unpaired) electrons. The van der Waals surface area contributed by atoms with E-state index in [2.05, 4.69) is 9.65 Å². The highest BCUT2D eigenvalue weighted by Gasteiger charge is 2.51. The summed E-state index contributed by atoms with van der Waals surface area (Å²) in [5.41, 5.74) is 1.02. The van der Waals surface area contributed by atoms with Crippen LogP contribution in [0.1, 0.15) is 42.2 Å². The molecule has 0 unspecified atom stereocenters. The molecule has 1 aromatic heterocycles. The smallest absolute Gasteiger partial charge is 0.328 e. The Morgan fingerprint density at radius 2 is 1.46 bits per heavy atom. The Labute approximate surface area is 338 Å². The lowest BCUT2D eigenvalue weighted by molar-refractivity contribution is -0.0922. The molecule has 4 aromatic carbocycles. The van der Waals surface area contributed by atoms with E-state index in [1.807, 2.05) is 78.9 Å². The van der Waals surface area contributed by atoms with Gasteiger partial charge < -0.3 is 33.0 Å². The minimum atomic E-state index is -3.62. The Balaban J connectivity index is 1.14. The van der Waals surface area contributed by atoms with Crippen LogP contribution in [0.15, 0.2) is 131 Å². The molecule has 1 N–H and O–H groups in total. The zero-order chi connectivity index (χ0) is 39.6. The Morgan fingerprint density at radius 1 is 0.842 bits per heavy atom. The van der Waals surface area contributed by atoms with Crippen molar-refractivity contribution in [3.8, 4) is 11.5 Å². The van der Waals surface area contributed by atoms with Gasteiger partial charge in [-0.1, -0.05) is 85.0 Å². The zero-order valence-electron chi connectivity index (χ0n) is 31.5. The number of hydrogen-bond donors (Lipinski definition) is 1. The molecule has 3 fully saturated rings. The first kappa shape index (κ1) is 39.6. The normalized spacial score (nSPS) is 23.7. The van der Waals surface area contributed by atoms with Crippen LogP contribution in [0.4, 0.5) is 0 Å². The number of hydrogen-bond acceptors (Lipinski definition) is 11. The minimum Gasteiger partial charge on any atom is -0.497 e. The molecule has 0 saturated carbocycles. The van der Waals surface area contributed by atoms with Crippen LogP contribution < -0.4 is 15.2 Å². The van der Waals surface area contributed by atoms with E-state index in [9.17, 15) is 13.2 Å². The summed E-state index contributed by atoms with van der Waals surface area (Å²) in [5, 5.41) is 0. The minimum absolute atomic E-state index is 0.0323. The van der Waals surface area contributed by atoms with Crippen molar-refractivity contribution in [1.82, 2.24) is 14.2 Å². The van der Waals surface area contributed by atoms with E-state index in [0.717, 1.165) is 29.5 Å². The number of nitrogens with one attached hydrogen (secondary N) is 1. The molecule has 4 heterocycles. The molecule has 298 valence electrons. The van der Waals surface area contributed by atoms with E-state index in [-0.39, 0.29) is 29.7 Å². The zero-order valence-corrected chi connectivity index (χ0v) is 34.0. The number of nitrogens with zero attached hydrogens (tertiary/aromatic N) is 2. The number of rotatable bonds is 14. The molecule has 8 rings (SSSR count). The Kier molecular flexibility index (Phi) is 11.8. The second kappa shape index (κ2) is 16.9. The van der Waals surface area contributed by atoms with Gasteiger partial charge in [0.25, 0.3) is 8.53 Å². The largest absolute Gasteiger partial charge is 0.497 e. The van der Waals surface area contributed by atoms with Gasteiger partial charge in [0.05, 0.1) is 43.7 Å². The van der Waals surface area contributed by atoms with Crippen LogP contribution in [0, 0.1) is 4.64 Å². The maximum Gasteiger partial charge on any atom is 0.328 e. The summed E-state index contributed by atoms with van der Waals surface area (Å²) in [6, 6.07) is 35.5. The number of methoxy groups -OCH3 is 2. The summed E-state index contributed by atoms with van der Waals surface area (Å²) in [6.45, 7) is 0.747. The van der Waals surface area contributed by atoms with Gasteiger partial charge in [0, 0.05) is 25.2 Å². The van der Waals surface area contributed by atoms with Crippen molar-refractivity contribution < 1.29 is 36.4 Å². The predicted molar refractivity (Wildman–Crippen MR) is 218 cm³/mol. The van der Waals surface area contributed by atoms with E-state index >= 15 is 0 Å². The van der Waals surface area contributed by atoms with Gasteiger partial charge in [-0.25, -0.2) is 17.9 Å². The lowest BCUT2D eigenvalue weighted by atomic mass is 9.80. The number of aromatic amines is 1. The van der Waals surface area contributed by atoms with Crippen molar-refractivity contribution >= 4 is 30.6 Å². The van der Waals surface area contributed by atoms with E-state index in [4.69, 9.17) is 40.2 Å². The first-order valence-electron chi connectivity index (χ1n) is 18.8. The fraction of sp³-hybridized carbons (Fsp3) is 0.333. The van der Waals surface area contributed by atoms with Crippen LogP contribution in [0.25, 0.3) is 0 Å². The fourth-order valence-electron chi connectivity index (χ4n) is 8.00. The average Bonchev–Trinajstić information content (AvgIpc) is 3.96. The van der Waals surface area contributed by atoms with Gasteiger partial charge in [-0.3, -0.25) is 4.57 Å². The van der Waals surface area contributed by atoms with Crippen LogP contribution in [-0.4, -0.2) is 80.1 Å². The lowest BCUT2D eigenvalue weighted by Gasteiger charge is -2.37. The lowest BCUT2D eigenvalue weighted by Crippen LogP contribution is -2.38. The summed E-state index contributed by atoms with van der Waals surface area (Å²) < 4.78 is 69.4. The van der Waals surface area contributed by atoms with Gasteiger partial charge >= 0.3 is 5.69 Å². The third-order valence-corrected chi connectivity index (χ3v) is 14.7. The molecule has 6 atom stereocenters. The highest BCUT2D eigenvalue weighted by molar-refractivity contribution is 7.91. The standard InChI is InChI=1S/C42H44N3O9PS2/c1-49-32-19-15-30(16-20-32)42(29-10-5-3-6-11-29,31-17-21-33(50-2)22-18-31)51-27-37-36(26-39(52-37)45-40(56)23-24-43-41(45)46)53-55-44-25-9-14-35(44)38(54-55)28-57(47,48)34-12-7-4-8-13-34/h3-8,10-13,15-24,35-39H,9,14,25-28H2,1-2H3,(H,43,46)/t35-,36-,37+,38+,39+,55+/m0/s1. The van der Waals surface area contributed by atoms with E-state index < -0.39 is 54.2 Å². The molecular formula is C42H44N3O9PS2. The predicted octanol–water partition coefficient (Wildman–Crippen LogP) is 7.17. The Morgan fingerprint density at radius 3 is 2.07 bits per heavy atom. The maximum atomic E-state index is 13.5. The molecule has 3 aliphatic rings. The SMILES string of the molecule is COc1ccc(C(OC[C@H]2O[C@@H](n3c(=S)cc[nH]c3=O)C[C@@H]2O[P@]2O[C@H](CS(=O)(=O)c3ccccc3)[C@@H]3CCCN32)(c2ccccc2)c2ccc(OC)cc2)cc1. The summed E-state index contributed by atoms with van der Waals surface area (Å²) in [7, 11) is -2.05. The third kappa shape index (κ3) is 7.98. The van der Waals surface area contributed by atoms with Crippen molar-refractivity contribution in [2.45, 2.75) is 60.3 Å². The van der Waals surface area contributed by atoms with Crippen molar-refractivity contribution in [3.63, 3.8) is 0 Å². The summed E-state index contributed by atoms with van der Waals surface area (Å²) >= 11 is 5.61. The van der Waals surface area contributed by atoms with Crippen molar-refractivity contribution in [1.29, 1.82) is 0 Å². The highest BCUT2D eigenvalue weighted by atomic mass is 32.2. The van der Waals surface area contributed by atoms with Crippen LogP contribution >= 0.6 is 20.7 Å². The molecule has 12 nitrogen and oxygen atoms in total. The summed E-state index contributed by atoms with van der Waals surface area (Å²) in [5.74, 6) is 1.24. The maximum absolute atomic E-state index is 13.5. The molecule has 3 saturated heterocycles. The quantitative estimate of drug-likeness (QED) is 0.0695. The second-order valence-corrected chi connectivity index (χ2v) is 18.0. The van der Waals surface area contributed by atoms with Gasteiger partial charge in [0.2, 0.25) is 0 Å². The number of ether oxygens (including phenoxy) is 4. The fourth-order valence-corrected chi connectivity index (χ4v) is 11.9. The third-order valence-electron chi connectivity index (χ3n) is 10.8. The number of aromatic nitrogens is 2. The first-order valence-corrected chi connectivity index (χ1v) is 22.0. The molecule has 0 bridgehead atoms. The Bertz CT molecular complexity index is 2290. The van der Waals surface area contributed by atoms with E-state index in [0.29, 0.717) is 22.7 Å². The summed E-state index contributed by atoms with van der Waals surface area (Å²) in [6.07, 6.45) is 0.817. The van der Waals surface area contributed by atoms with Crippen molar-refractivity contribution in [2.24, 2.45) is 0 Å². The molecular weight excluding hydrogens is 786 g/mol. The molecule has 0 aliphatic carbocycles. The van der Waals surface area contributed by atoms with E-state index in [1.165, 1.54) is 10.8 Å². The van der Waals surface area contributed by atoms with Crippen molar-refractivity contribution in [3.05, 3.63) is 153 Å². The molecule has 57 heavy (non-hydrogen) atoms. The van der Waals surface area contributed by atoms with E-state index in [1.54, 1.807) is 50.6 Å². The van der Waals surface area contributed by atoms with Gasteiger partial charge in [0.1, 0.15) is 34.1 Å². The first-order chi connectivity index (χ1) is 27.7. The number of sulfone groups is 1. The van der Waals surface area contributed by atoms with Crippen LogP contribution in [0.5, 0.6) is 11.5 Å².